The highest BCUT2D eigenvalue weighted by molar-refractivity contribution is 6.04. The van der Waals surface area contributed by atoms with Gasteiger partial charge in [-0.25, -0.2) is 0 Å². The molecule has 0 saturated carbocycles. The fraction of sp³-hybridized carbons (Fsp3) is 0.292. The number of benzene rings is 2. The molecule has 0 saturated heterocycles. The molecule has 0 spiro atoms. The van der Waals surface area contributed by atoms with Crippen molar-refractivity contribution in [2.75, 3.05) is 18.1 Å². The molecule has 2 aromatic carbocycles. The van der Waals surface area contributed by atoms with Crippen LogP contribution in [0.15, 0.2) is 48.7 Å². The summed E-state index contributed by atoms with van der Waals surface area (Å²) in [4.78, 5) is 40.0. The smallest absolute Gasteiger partial charge is 0.259 e. The summed E-state index contributed by atoms with van der Waals surface area (Å²) in [6, 6.07) is 11.3. The minimum atomic E-state index is -0.513. The largest absolute Gasteiger partial charge is 0.490 e. The lowest BCUT2D eigenvalue weighted by atomic mass is 9.93. The van der Waals surface area contributed by atoms with E-state index >= 15 is 0 Å². The molecule has 0 bridgehead atoms. The maximum Gasteiger partial charge on any atom is 0.259 e. The second kappa shape index (κ2) is 7.13. The first-order valence-corrected chi connectivity index (χ1v) is 9.89. The summed E-state index contributed by atoms with van der Waals surface area (Å²) >= 11 is 0. The van der Waals surface area contributed by atoms with Gasteiger partial charge in [-0.2, -0.15) is 0 Å². The van der Waals surface area contributed by atoms with E-state index in [2.05, 4.69) is 6.58 Å². The first-order chi connectivity index (χ1) is 14.2. The first kappa shape index (κ1) is 19.9. The number of anilines is 1. The molecular formula is C24H24N2O4. The van der Waals surface area contributed by atoms with E-state index in [9.17, 15) is 14.4 Å². The Balaban J connectivity index is 1.78. The number of rotatable bonds is 3. The van der Waals surface area contributed by atoms with Gasteiger partial charge in [-0.05, 0) is 34.9 Å². The average molecular weight is 404 g/mol. The molecule has 0 unspecified atom stereocenters. The third-order valence-corrected chi connectivity index (χ3v) is 5.47. The minimum Gasteiger partial charge on any atom is -0.490 e. The molecule has 2 aromatic rings. The predicted molar refractivity (Wildman–Crippen MR) is 114 cm³/mol. The van der Waals surface area contributed by atoms with Crippen LogP contribution in [0, 0.1) is 5.41 Å². The second-order valence-corrected chi connectivity index (χ2v) is 8.57. The van der Waals surface area contributed by atoms with E-state index in [1.807, 2.05) is 51.1 Å². The van der Waals surface area contributed by atoms with Gasteiger partial charge in [-0.3, -0.25) is 14.4 Å². The van der Waals surface area contributed by atoms with Crippen molar-refractivity contribution in [3.8, 4) is 16.9 Å². The van der Waals surface area contributed by atoms with Crippen molar-refractivity contribution >= 4 is 23.8 Å². The lowest BCUT2D eigenvalue weighted by molar-refractivity contribution is -0.126. The van der Waals surface area contributed by atoms with Gasteiger partial charge in [0.15, 0.2) is 6.29 Å². The zero-order valence-electron chi connectivity index (χ0n) is 17.4. The maximum absolute atomic E-state index is 13.0. The van der Waals surface area contributed by atoms with Crippen molar-refractivity contribution in [1.29, 1.82) is 0 Å². The van der Waals surface area contributed by atoms with Gasteiger partial charge in [0.2, 0.25) is 5.91 Å². The number of amides is 2. The zero-order valence-corrected chi connectivity index (χ0v) is 17.4. The zero-order chi connectivity index (χ0) is 21.6. The summed E-state index contributed by atoms with van der Waals surface area (Å²) < 4.78 is 5.77. The molecule has 0 radical (unpaired) electrons. The highest BCUT2D eigenvalue weighted by Gasteiger charge is 2.33. The molecule has 2 amide bonds. The van der Waals surface area contributed by atoms with Crippen molar-refractivity contribution < 1.29 is 19.1 Å². The molecule has 154 valence electrons. The molecule has 2 heterocycles. The molecule has 0 N–H and O–H groups in total. The van der Waals surface area contributed by atoms with Gasteiger partial charge in [-0.15, -0.1) is 0 Å². The monoisotopic (exact) mass is 404 g/mol. The van der Waals surface area contributed by atoms with Crippen LogP contribution in [0.5, 0.6) is 5.75 Å². The Labute approximate surface area is 175 Å². The number of fused-ring (bicyclic) bond motifs is 2. The summed E-state index contributed by atoms with van der Waals surface area (Å²) in [7, 11) is 0. The van der Waals surface area contributed by atoms with Crippen LogP contribution >= 0.6 is 0 Å². The second-order valence-electron chi connectivity index (χ2n) is 8.57. The molecule has 0 aromatic heterocycles. The number of nitrogens with zero attached hydrogens (tertiary/aromatic N) is 2. The van der Waals surface area contributed by atoms with E-state index in [0.717, 1.165) is 22.4 Å². The summed E-state index contributed by atoms with van der Waals surface area (Å²) in [5.74, 6) is 0.475. The Morgan fingerprint density at radius 1 is 1.13 bits per heavy atom. The van der Waals surface area contributed by atoms with Gasteiger partial charge in [0, 0.05) is 11.0 Å². The Kier molecular flexibility index (Phi) is 4.73. The van der Waals surface area contributed by atoms with Crippen LogP contribution in [0.3, 0.4) is 0 Å². The topological polar surface area (TPSA) is 66.9 Å². The molecule has 2 aliphatic rings. The van der Waals surface area contributed by atoms with Crippen LogP contribution in [-0.4, -0.2) is 36.2 Å². The van der Waals surface area contributed by atoms with Crippen molar-refractivity contribution in [1.82, 2.24) is 4.90 Å². The molecule has 0 fully saturated rings. The van der Waals surface area contributed by atoms with E-state index in [0.29, 0.717) is 37.3 Å². The molecule has 6 heteroatoms. The number of ether oxygens (including phenoxy) is 1. The third-order valence-electron chi connectivity index (χ3n) is 5.47. The van der Waals surface area contributed by atoms with Gasteiger partial charge < -0.3 is 14.5 Å². The van der Waals surface area contributed by atoms with Crippen LogP contribution in [0.25, 0.3) is 11.1 Å². The number of hydrogen-bond acceptors (Lipinski definition) is 4. The average Bonchev–Trinajstić information content (AvgIpc) is 3.08. The molecular weight excluding hydrogens is 380 g/mol. The third kappa shape index (κ3) is 3.18. The first-order valence-electron chi connectivity index (χ1n) is 9.89. The molecule has 0 atom stereocenters. The highest BCUT2D eigenvalue weighted by atomic mass is 16.5. The van der Waals surface area contributed by atoms with E-state index in [-0.39, 0.29) is 17.5 Å². The Morgan fingerprint density at radius 2 is 1.87 bits per heavy atom. The Hall–Kier alpha value is -3.41. The van der Waals surface area contributed by atoms with Gasteiger partial charge in [0.05, 0.1) is 24.5 Å². The van der Waals surface area contributed by atoms with Crippen molar-refractivity contribution in [2.24, 2.45) is 5.41 Å². The summed E-state index contributed by atoms with van der Waals surface area (Å²) in [5.41, 5.74) is 3.54. The molecule has 2 aliphatic heterocycles. The normalized spacial score (nSPS) is 15.4. The Bertz CT molecular complexity index is 1080. The highest BCUT2D eigenvalue weighted by Crippen LogP contribution is 2.40. The van der Waals surface area contributed by atoms with Gasteiger partial charge in [0.1, 0.15) is 12.4 Å². The van der Waals surface area contributed by atoms with E-state index in [1.165, 1.54) is 4.90 Å². The van der Waals surface area contributed by atoms with Crippen LogP contribution in [0.2, 0.25) is 0 Å². The molecule has 0 aliphatic carbocycles. The summed E-state index contributed by atoms with van der Waals surface area (Å²) in [6.07, 6.45) is 0.593. The van der Waals surface area contributed by atoms with Crippen molar-refractivity contribution in [3.63, 3.8) is 0 Å². The number of aldehydes is 1. The molecule has 4 rings (SSSR count). The van der Waals surface area contributed by atoms with Crippen molar-refractivity contribution in [2.45, 2.75) is 27.3 Å². The maximum atomic E-state index is 13.0. The lowest BCUT2D eigenvalue weighted by Gasteiger charge is -2.34. The SMILES string of the molecule is C=C(C=O)N1Cc2c(cccc2-c2ccc3c(c2)N(C(=O)C(C)(C)C)CCO3)C1=O. The fourth-order valence-corrected chi connectivity index (χ4v) is 3.90. The van der Waals surface area contributed by atoms with Crippen LogP contribution in [0.4, 0.5) is 5.69 Å². The van der Waals surface area contributed by atoms with Gasteiger partial charge >= 0.3 is 0 Å². The number of carbonyl (C=O) groups is 3. The van der Waals surface area contributed by atoms with Crippen LogP contribution < -0.4 is 9.64 Å². The number of allylic oxidation sites excluding steroid dienone is 1. The minimum absolute atomic E-state index is 0.0334. The standard InChI is InChI=1S/C24H24N2O4/c1-15(14-27)26-13-19-17(6-5-7-18(19)22(26)28)16-8-9-21-20(12-16)25(10-11-30-21)23(29)24(2,3)4/h5-9,12,14H,1,10-11,13H2,2-4H3. The van der Waals surface area contributed by atoms with Crippen molar-refractivity contribution in [3.05, 3.63) is 59.8 Å². The fourth-order valence-electron chi connectivity index (χ4n) is 3.90. The molecule has 30 heavy (non-hydrogen) atoms. The summed E-state index contributed by atoms with van der Waals surface area (Å²) in [6.45, 7) is 10.6. The quantitative estimate of drug-likeness (QED) is 0.577. The van der Waals surface area contributed by atoms with Crippen LogP contribution in [0.1, 0.15) is 36.7 Å². The number of hydrogen-bond donors (Lipinski definition) is 0. The van der Waals surface area contributed by atoms with E-state index in [1.54, 1.807) is 11.0 Å². The molecule has 6 nitrogen and oxygen atoms in total. The summed E-state index contributed by atoms with van der Waals surface area (Å²) in [5, 5.41) is 0. The van der Waals surface area contributed by atoms with Crippen LogP contribution in [-0.2, 0) is 16.1 Å². The number of carbonyl (C=O) groups excluding carboxylic acids is 3. The predicted octanol–water partition coefficient (Wildman–Crippen LogP) is 3.79. The Morgan fingerprint density at radius 3 is 2.57 bits per heavy atom. The van der Waals surface area contributed by atoms with E-state index < -0.39 is 5.41 Å². The lowest BCUT2D eigenvalue weighted by Crippen LogP contribution is -2.44. The van der Waals surface area contributed by atoms with E-state index in [4.69, 9.17) is 4.74 Å². The van der Waals surface area contributed by atoms with Gasteiger partial charge in [-0.1, -0.05) is 45.5 Å². The van der Waals surface area contributed by atoms with Gasteiger partial charge in [0.25, 0.3) is 5.91 Å².